The van der Waals surface area contributed by atoms with Crippen LogP contribution in [0.4, 0.5) is 11.4 Å². The van der Waals surface area contributed by atoms with Gasteiger partial charge in [0, 0.05) is 25.1 Å². The van der Waals surface area contributed by atoms with Crippen LogP contribution in [0.1, 0.15) is 27.8 Å². The average Bonchev–Trinajstić information content (AvgIpc) is 2.93. The zero-order valence-electron chi connectivity index (χ0n) is 20.9. The number of nitrogens with zero attached hydrogens (tertiary/aromatic N) is 2. The van der Waals surface area contributed by atoms with Gasteiger partial charge in [0.25, 0.3) is 0 Å². The third kappa shape index (κ3) is 5.31. The Labute approximate surface area is 218 Å². The maximum atomic E-state index is 8.47. The Hall–Kier alpha value is -4.64. The first-order chi connectivity index (χ1) is 18.0. The Kier molecular flexibility index (Phi) is 6.86. The molecule has 4 aromatic rings. The number of benzene rings is 4. The van der Waals surface area contributed by atoms with Crippen molar-refractivity contribution in [2.45, 2.75) is 13.0 Å². The average molecular weight is 486 g/mol. The van der Waals surface area contributed by atoms with Crippen molar-refractivity contribution in [2.75, 3.05) is 17.7 Å². The van der Waals surface area contributed by atoms with Crippen LogP contribution in [0.5, 0.6) is 0 Å². The van der Waals surface area contributed by atoms with Crippen molar-refractivity contribution >= 4 is 34.7 Å². The van der Waals surface area contributed by atoms with Crippen molar-refractivity contribution < 1.29 is 0 Å². The minimum atomic E-state index is -0.114. The molecule has 5 N–H and O–H groups in total. The van der Waals surface area contributed by atoms with Gasteiger partial charge in [-0.05, 0) is 46.4 Å². The number of amidine groups is 2. The minimum Gasteiger partial charge on any atom is -0.397 e. The number of nitrogens with two attached hydrogens (primary N) is 2. The molecule has 0 bridgehead atoms. The molecule has 0 aromatic heterocycles. The number of aliphatic imine (C=N–C) groups is 1. The number of hydrogen-bond donors (Lipinski definition) is 3. The largest absolute Gasteiger partial charge is 0.397 e. The highest BCUT2D eigenvalue weighted by molar-refractivity contribution is 6.09. The number of hydrogen-bond acceptors (Lipinski definition) is 3. The van der Waals surface area contributed by atoms with Crippen molar-refractivity contribution in [3.8, 4) is 0 Å². The van der Waals surface area contributed by atoms with E-state index in [9.17, 15) is 0 Å². The molecule has 0 saturated heterocycles. The fourth-order valence-corrected chi connectivity index (χ4v) is 4.87. The van der Waals surface area contributed by atoms with Gasteiger partial charge in [-0.25, -0.2) is 4.99 Å². The van der Waals surface area contributed by atoms with Crippen molar-refractivity contribution in [1.29, 1.82) is 5.41 Å². The van der Waals surface area contributed by atoms with Gasteiger partial charge in [-0.3, -0.25) is 5.41 Å². The van der Waals surface area contributed by atoms with Crippen LogP contribution in [0.3, 0.4) is 0 Å². The number of rotatable bonds is 6. The number of nitrogens with one attached hydrogen (secondary N) is 1. The summed E-state index contributed by atoms with van der Waals surface area (Å²) in [5.74, 6) is 0.518. The third-order valence-corrected chi connectivity index (χ3v) is 6.87. The molecule has 0 amide bonds. The van der Waals surface area contributed by atoms with Gasteiger partial charge in [-0.1, -0.05) is 97.1 Å². The molecule has 5 heteroatoms. The van der Waals surface area contributed by atoms with E-state index in [1.807, 2.05) is 54.6 Å². The van der Waals surface area contributed by atoms with E-state index in [2.05, 4.69) is 71.5 Å². The molecule has 0 fully saturated rings. The van der Waals surface area contributed by atoms with Gasteiger partial charge in [-0.15, -0.1) is 0 Å². The number of fused-ring (bicyclic) bond motifs is 1. The zero-order valence-corrected chi connectivity index (χ0v) is 20.9. The zero-order chi connectivity index (χ0) is 25.8. The highest BCUT2D eigenvalue weighted by Crippen LogP contribution is 2.35. The van der Waals surface area contributed by atoms with Gasteiger partial charge < -0.3 is 16.4 Å². The summed E-state index contributed by atoms with van der Waals surface area (Å²) in [5, 5.41) is 8.47. The number of nitrogen functional groups attached to an aromatic ring is 1. The van der Waals surface area contributed by atoms with Crippen LogP contribution in [0.25, 0.3) is 11.6 Å². The van der Waals surface area contributed by atoms with E-state index in [-0.39, 0.29) is 11.8 Å². The summed E-state index contributed by atoms with van der Waals surface area (Å²) in [6, 6.07) is 34.4. The molecular formula is C32H31N5. The molecule has 184 valence electrons. The minimum absolute atomic E-state index is 0.114. The molecule has 1 aliphatic carbocycles. The fraction of sp³-hybridized carbons (Fsp3) is 0.125. The lowest BCUT2D eigenvalue weighted by atomic mass is 9.79. The highest BCUT2D eigenvalue weighted by atomic mass is 15.1. The second kappa shape index (κ2) is 10.5. The lowest BCUT2D eigenvalue weighted by Crippen LogP contribution is -2.29. The molecule has 0 aliphatic heterocycles. The van der Waals surface area contributed by atoms with E-state index in [1.165, 1.54) is 16.7 Å². The lowest BCUT2D eigenvalue weighted by molar-refractivity contribution is 0.849. The summed E-state index contributed by atoms with van der Waals surface area (Å²) in [4.78, 5) is 6.69. The first-order valence-electron chi connectivity index (χ1n) is 12.4. The monoisotopic (exact) mass is 485 g/mol. The molecule has 0 saturated carbocycles. The van der Waals surface area contributed by atoms with Gasteiger partial charge in [0.1, 0.15) is 5.84 Å². The van der Waals surface area contributed by atoms with Crippen molar-refractivity contribution in [1.82, 2.24) is 0 Å². The van der Waals surface area contributed by atoms with E-state index in [0.717, 1.165) is 41.0 Å². The molecule has 5 rings (SSSR count). The Balaban J connectivity index is 1.43. The first kappa shape index (κ1) is 24.1. The Bertz CT molecular complexity index is 1470. The standard InChI is InChI=1S/C32H31N5/c1-37(30-14-8-7-13-29(30)33)21-22-15-17-23(18-16-22)27-19-25-11-5-6-12-26(25)20-28(27)32(35)36-31(34)24-9-3-2-4-10-24/h2-19,28H,20-21,33H2,1H3,(H3,34,35,36). The van der Waals surface area contributed by atoms with Gasteiger partial charge in [0.2, 0.25) is 0 Å². The van der Waals surface area contributed by atoms with Gasteiger partial charge in [-0.2, -0.15) is 0 Å². The molecule has 1 aliphatic rings. The molecule has 0 heterocycles. The van der Waals surface area contributed by atoms with Crippen LogP contribution < -0.4 is 16.4 Å². The van der Waals surface area contributed by atoms with Crippen LogP contribution in [0.2, 0.25) is 0 Å². The smallest absolute Gasteiger partial charge is 0.153 e. The second-order valence-electron chi connectivity index (χ2n) is 9.42. The van der Waals surface area contributed by atoms with Crippen LogP contribution >= 0.6 is 0 Å². The third-order valence-electron chi connectivity index (χ3n) is 6.87. The van der Waals surface area contributed by atoms with Gasteiger partial charge >= 0.3 is 0 Å². The second-order valence-corrected chi connectivity index (χ2v) is 9.42. The summed E-state index contributed by atoms with van der Waals surface area (Å²) < 4.78 is 0. The lowest BCUT2D eigenvalue weighted by Gasteiger charge is -2.27. The molecule has 0 spiro atoms. The quantitative estimate of drug-likeness (QED) is 0.178. The molecule has 1 unspecified atom stereocenters. The Morgan fingerprint density at radius 1 is 0.892 bits per heavy atom. The Morgan fingerprint density at radius 3 is 2.32 bits per heavy atom. The van der Waals surface area contributed by atoms with Gasteiger partial charge in [0.15, 0.2) is 5.84 Å². The van der Waals surface area contributed by atoms with Crippen LogP contribution in [-0.4, -0.2) is 18.7 Å². The number of para-hydroxylation sites is 2. The van der Waals surface area contributed by atoms with Crippen molar-refractivity contribution in [3.05, 3.63) is 131 Å². The maximum Gasteiger partial charge on any atom is 0.153 e. The van der Waals surface area contributed by atoms with Gasteiger partial charge in [0.05, 0.1) is 11.4 Å². The molecular weight excluding hydrogens is 454 g/mol. The van der Waals surface area contributed by atoms with E-state index in [0.29, 0.717) is 5.84 Å². The molecule has 4 aromatic carbocycles. The van der Waals surface area contributed by atoms with Crippen molar-refractivity contribution in [3.63, 3.8) is 0 Å². The first-order valence-corrected chi connectivity index (χ1v) is 12.4. The summed E-state index contributed by atoms with van der Waals surface area (Å²) in [6.45, 7) is 0.748. The topological polar surface area (TPSA) is 91.5 Å². The summed E-state index contributed by atoms with van der Waals surface area (Å²) in [5.41, 5.74) is 21.1. The fourth-order valence-electron chi connectivity index (χ4n) is 4.87. The van der Waals surface area contributed by atoms with Crippen LogP contribution in [0, 0.1) is 11.3 Å². The van der Waals surface area contributed by atoms with Crippen LogP contribution in [0.15, 0.2) is 108 Å². The Morgan fingerprint density at radius 2 is 1.57 bits per heavy atom. The van der Waals surface area contributed by atoms with Crippen molar-refractivity contribution in [2.24, 2.45) is 16.6 Å². The SMILES string of the molecule is CN(Cc1ccc(C2=Cc3ccccc3CC2C(N)=NC(=N)c2ccccc2)cc1)c1ccccc1N. The predicted octanol–water partition coefficient (Wildman–Crippen LogP) is 6.00. The predicted molar refractivity (Wildman–Crippen MR) is 156 cm³/mol. The molecule has 5 nitrogen and oxygen atoms in total. The summed E-state index contributed by atoms with van der Waals surface area (Å²) >= 11 is 0. The van der Waals surface area contributed by atoms with E-state index in [1.54, 1.807) is 0 Å². The van der Waals surface area contributed by atoms with E-state index in [4.69, 9.17) is 16.9 Å². The normalized spacial score (nSPS) is 15.0. The molecule has 1 atom stereocenters. The highest BCUT2D eigenvalue weighted by Gasteiger charge is 2.26. The summed E-state index contributed by atoms with van der Waals surface area (Å²) in [6.07, 6.45) is 2.96. The van der Waals surface area contributed by atoms with E-state index < -0.39 is 0 Å². The van der Waals surface area contributed by atoms with Crippen LogP contribution in [-0.2, 0) is 13.0 Å². The summed E-state index contributed by atoms with van der Waals surface area (Å²) in [7, 11) is 2.05. The number of anilines is 2. The maximum absolute atomic E-state index is 8.47. The molecule has 0 radical (unpaired) electrons. The van der Waals surface area contributed by atoms with E-state index >= 15 is 0 Å². The molecule has 37 heavy (non-hydrogen) atoms.